The molecule has 1 saturated heterocycles. The van der Waals surface area contributed by atoms with E-state index in [1.54, 1.807) is 0 Å². The molecule has 0 saturated carbocycles. The highest BCUT2D eigenvalue weighted by atomic mass is 16.5. The Hall–Kier alpha value is -1.42. The third-order valence-corrected chi connectivity index (χ3v) is 2.37. The first-order chi connectivity index (χ1) is 6.65. The van der Waals surface area contributed by atoms with Crippen molar-refractivity contribution in [2.45, 2.75) is 12.2 Å². The number of aldehydes is 1. The lowest BCUT2D eigenvalue weighted by Gasteiger charge is -2.11. The number of rotatable bonds is 4. The van der Waals surface area contributed by atoms with E-state index in [1.807, 2.05) is 0 Å². The van der Waals surface area contributed by atoms with Crippen LogP contribution >= 0.6 is 0 Å². The molecule has 76 valence electrons. The molecular weight excluding hydrogens is 184 g/mol. The van der Waals surface area contributed by atoms with Gasteiger partial charge in [-0.25, -0.2) is 0 Å². The van der Waals surface area contributed by atoms with Crippen LogP contribution in [0.5, 0.6) is 0 Å². The van der Waals surface area contributed by atoms with Gasteiger partial charge in [0.25, 0.3) is 0 Å². The Morgan fingerprint density at radius 3 is 2.21 bits per heavy atom. The van der Waals surface area contributed by atoms with Gasteiger partial charge in [-0.3, -0.25) is 4.79 Å². The molecule has 0 amide bonds. The first-order valence-corrected chi connectivity index (χ1v) is 4.24. The van der Waals surface area contributed by atoms with Crippen LogP contribution in [-0.2, 0) is 14.3 Å². The number of carbonyl (C=O) groups is 2. The van der Waals surface area contributed by atoms with Crippen molar-refractivity contribution in [3.8, 4) is 0 Å². The van der Waals surface area contributed by atoms with Crippen molar-refractivity contribution in [3.05, 3.63) is 25.3 Å². The summed E-state index contributed by atoms with van der Waals surface area (Å²) in [5.41, 5.74) is 0. The van der Waals surface area contributed by atoms with Crippen LogP contribution in [0.4, 0.5) is 0 Å². The van der Waals surface area contributed by atoms with Gasteiger partial charge in [0.15, 0.2) is 0 Å². The van der Waals surface area contributed by atoms with Crippen LogP contribution in [0.3, 0.4) is 0 Å². The molecule has 1 N–H and O–H groups in total. The second-order valence-electron chi connectivity index (χ2n) is 3.11. The predicted octanol–water partition coefficient (Wildman–Crippen LogP) is 0.642. The smallest absolute Gasteiger partial charge is 0.310 e. The van der Waals surface area contributed by atoms with E-state index in [1.165, 1.54) is 12.2 Å². The second kappa shape index (κ2) is 4.19. The van der Waals surface area contributed by atoms with Crippen molar-refractivity contribution < 1.29 is 19.4 Å². The summed E-state index contributed by atoms with van der Waals surface area (Å²) >= 11 is 0. The molecule has 1 heterocycles. The molecule has 0 bridgehead atoms. The van der Waals surface area contributed by atoms with E-state index in [4.69, 9.17) is 9.84 Å². The molecule has 0 radical (unpaired) electrons. The molecule has 0 aromatic heterocycles. The normalized spacial score (nSPS) is 36.3. The Kier molecular flexibility index (Phi) is 3.19. The lowest BCUT2D eigenvalue weighted by molar-refractivity contribution is -0.144. The first-order valence-electron chi connectivity index (χ1n) is 4.24. The quantitative estimate of drug-likeness (QED) is 0.529. The van der Waals surface area contributed by atoms with Gasteiger partial charge in [0, 0.05) is 0 Å². The summed E-state index contributed by atoms with van der Waals surface area (Å²) in [5, 5.41) is 8.91. The number of ether oxygens (including phenoxy) is 1. The summed E-state index contributed by atoms with van der Waals surface area (Å²) in [5.74, 6) is -2.57. The minimum atomic E-state index is -1.05. The summed E-state index contributed by atoms with van der Waals surface area (Å²) in [6, 6.07) is 0. The first kappa shape index (κ1) is 10.7. The van der Waals surface area contributed by atoms with Crippen LogP contribution in [0, 0.1) is 11.8 Å². The fourth-order valence-corrected chi connectivity index (χ4v) is 1.66. The third-order valence-electron chi connectivity index (χ3n) is 2.37. The molecular formula is C10H12O4. The lowest BCUT2D eigenvalue weighted by Crippen LogP contribution is -2.29. The van der Waals surface area contributed by atoms with Crippen LogP contribution in [0.25, 0.3) is 0 Å². The van der Waals surface area contributed by atoms with Gasteiger partial charge >= 0.3 is 5.97 Å². The van der Waals surface area contributed by atoms with Gasteiger partial charge in [0.05, 0.1) is 24.0 Å². The molecule has 0 aliphatic carbocycles. The Bertz CT molecular complexity index is 271. The topological polar surface area (TPSA) is 63.6 Å². The predicted molar refractivity (Wildman–Crippen MR) is 49.7 cm³/mol. The highest BCUT2D eigenvalue weighted by Gasteiger charge is 2.45. The zero-order valence-electron chi connectivity index (χ0n) is 7.63. The molecule has 4 heteroatoms. The van der Waals surface area contributed by atoms with Gasteiger partial charge in [-0.05, 0) is 0 Å². The minimum Gasteiger partial charge on any atom is -0.481 e. The molecule has 4 atom stereocenters. The Labute approximate surface area is 81.9 Å². The molecule has 1 aliphatic rings. The van der Waals surface area contributed by atoms with Crippen LogP contribution in [-0.4, -0.2) is 29.6 Å². The van der Waals surface area contributed by atoms with Crippen molar-refractivity contribution >= 4 is 12.3 Å². The summed E-state index contributed by atoms with van der Waals surface area (Å²) in [6.45, 7) is 6.97. The van der Waals surface area contributed by atoms with Crippen molar-refractivity contribution in [3.63, 3.8) is 0 Å². The van der Waals surface area contributed by atoms with Crippen LogP contribution < -0.4 is 0 Å². The summed E-state index contributed by atoms with van der Waals surface area (Å²) in [7, 11) is 0. The van der Waals surface area contributed by atoms with Crippen LogP contribution in [0.15, 0.2) is 25.3 Å². The molecule has 4 unspecified atom stereocenters. The maximum atomic E-state index is 10.9. The molecule has 0 aromatic carbocycles. The maximum Gasteiger partial charge on any atom is 0.310 e. The zero-order valence-corrected chi connectivity index (χ0v) is 7.63. The number of carboxylic acids is 1. The number of carboxylic acid groups (broad SMARTS) is 1. The van der Waals surface area contributed by atoms with E-state index in [-0.39, 0.29) is 0 Å². The van der Waals surface area contributed by atoms with Crippen molar-refractivity contribution in [1.82, 2.24) is 0 Å². The van der Waals surface area contributed by atoms with Gasteiger partial charge in [0.1, 0.15) is 6.29 Å². The van der Waals surface area contributed by atoms with E-state index in [2.05, 4.69) is 13.2 Å². The Morgan fingerprint density at radius 2 is 1.86 bits per heavy atom. The van der Waals surface area contributed by atoms with Gasteiger partial charge in [-0.1, -0.05) is 12.2 Å². The molecule has 4 nitrogen and oxygen atoms in total. The van der Waals surface area contributed by atoms with Crippen LogP contribution in [0.2, 0.25) is 0 Å². The molecule has 0 aromatic rings. The summed E-state index contributed by atoms with van der Waals surface area (Å²) < 4.78 is 5.29. The molecule has 14 heavy (non-hydrogen) atoms. The van der Waals surface area contributed by atoms with E-state index in [0.29, 0.717) is 6.29 Å². The zero-order chi connectivity index (χ0) is 10.7. The van der Waals surface area contributed by atoms with Crippen molar-refractivity contribution in [1.29, 1.82) is 0 Å². The standard InChI is InChI=1S/C10H12O4/c1-3-7-6(5-11)9(10(12)13)8(4-2)14-7/h3-9H,1-2H2,(H,12,13). The van der Waals surface area contributed by atoms with Gasteiger partial charge in [-0.15, -0.1) is 13.2 Å². The van der Waals surface area contributed by atoms with E-state index in [9.17, 15) is 9.59 Å². The largest absolute Gasteiger partial charge is 0.481 e. The SMILES string of the molecule is C=CC1OC(C=C)C(C(=O)O)C1C=O. The third kappa shape index (κ3) is 1.61. The number of hydrogen-bond acceptors (Lipinski definition) is 3. The maximum absolute atomic E-state index is 10.9. The number of carbonyl (C=O) groups excluding carboxylic acids is 1. The second-order valence-corrected chi connectivity index (χ2v) is 3.11. The molecule has 1 rings (SSSR count). The molecule has 1 aliphatic heterocycles. The van der Waals surface area contributed by atoms with E-state index >= 15 is 0 Å². The highest BCUT2D eigenvalue weighted by molar-refractivity contribution is 5.77. The lowest BCUT2D eigenvalue weighted by atomic mass is 9.88. The van der Waals surface area contributed by atoms with Crippen LogP contribution in [0.1, 0.15) is 0 Å². The fraction of sp³-hybridized carbons (Fsp3) is 0.400. The fourth-order valence-electron chi connectivity index (χ4n) is 1.66. The van der Waals surface area contributed by atoms with Gasteiger partial charge in [0.2, 0.25) is 0 Å². The number of hydrogen-bond donors (Lipinski definition) is 1. The monoisotopic (exact) mass is 196 g/mol. The van der Waals surface area contributed by atoms with E-state index < -0.39 is 30.0 Å². The average molecular weight is 196 g/mol. The molecule has 1 fully saturated rings. The highest BCUT2D eigenvalue weighted by Crippen LogP contribution is 2.32. The minimum absolute atomic E-state index is 0.531. The van der Waals surface area contributed by atoms with Gasteiger partial charge in [-0.2, -0.15) is 0 Å². The summed E-state index contributed by atoms with van der Waals surface area (Å²) in [4.78, 5) is 21.6. The molecule has 0 spiro atoms. The van der Waals surface area contributed by atoms with Gasteiger partial charge < -0.3 is 14.6 Å². The number of aliphatic carboxylic acids is 1. The average Bonchev–Trinajstić information content (AvgIpc) is 2.54. The Balaban J connectivity index is 2.96. The Morgan fingerprint density at radius 1 is 1.29 bits per heavy atom. The van der Waals surface area contributed by atoms with E-state index in [0.717, 1.165) is 0 Å². The van der Waals surface area contributed by atoms with Crippen molar-refractivity contribution in [2.24, 2.45) is 11.8 Å². The van der Waals surface area contributed by atoms with Crippen molar-refractivity contribution in [2.75, 3.05) is 0 Å². The summed E-state index contributed by atoms with van der Waals surface area (Å²) in [6.07, 6.45) is 2.30.